The molecule has 1 aliphatic rings. The summed E-state index contributed by atoms with van der Waals surface area (Å²) in [6.45, 7) is 1.46. The van der Waals surface area contributed by atoms with Crippen LogP contribution in [0.5, 0.6) is 0 Å². The summed E-state index contributed by atoms with van der Waals surface area (Å²) in [5.74, 6) is 0.545. The number of anilines is 1. The number of ether oxygens (including phenoxy) is 1. The Labute approximate surface area is 190 Å². The van der Waals surface area contributed by atoms with Gasteiger partial charge in [-0.15, -0.1) is 11.8 Å². The summed E-state index contributed by atoms with van der Waals surface area (Å²) in [6, 6.07) is 15.8. The summed E-state index contributed by atoms with van der Waals surface area (Å²) in [6.07, 6.45) is 0. The minimum atomic E-state index is -3.58. The van der Waals surface area contributed by atoms with Crippen molar-refractivity contribution >= 4 is 44.7 Å². The number of nitrogens with one attached hydrogen (secondary N) is 1. The Hall–Kier alpha value is -2.17. The van der Waals surface area contributed by atoms with Crippen molar-refractivity contribution in [2.45, 2.75) is 15.5 Å². The van der Waals surface area contributed by atoms with E-state index >= 15 is 0 Å². The number of amides is 1. The molecule has 0 radical (unpaired) electrons. The fraction of sp³-hybridized carbons (Fsp3) is 0.227. The molecule has 1 saturated heterocycles. The number of hydrogen-bond donors (Lipinski definition) is 1. The highest BCUT2D eigenvalue weighted by molar-refractivity contribution is 7.98. The first-order valence-corrected chi connectivity index (χ1v) is 13.1. The van der Waals surface area contributed by atoms with E-state index in [0.717, 1.165) is 16.3 Å². The second kappa shape index (κ2) is 9.97. The van der Waals surface area contributed by atoms with Crippen LogP contribution >= 0.6 is 23.1 Å². The molecule has 2 aromatic carbocycles. The third-order valence-electron chi connectivity index (χ3n) is 4.83. The lowest BCUT2D eigenvalue weighted by atomic mass is 10.2. The molecule has 3 aromatic rings. The average molecular weight is 475 g/mol. The quantitative estimate of drug-likeness (QED) is 0.517. The van der Waals surface area contributed by atoms with Crippen LogP contribution in [0.25, 0.3) is 0 Å². The molecule has 162 valence electrons. The predicted molar refractivity (Wildman–Crippen MR) is 124 cm³/mol. The first-order valence-electron chi connectivity index (χ1n) is 9.76. The largest absolute Gasteiger partial charge is 0.379 e. The van der Waals surface area contributed by atoms with Crippen molar-refractivity contribution in [1.82, 2.24) is 4.31 Å². The molecule has 0 aliphatic carbocycles. The van der Waals surface area contributed by atoms with Gasteiger partial charge in [0, 0.05) is 29.3 Å². The van der Waals surface area contributed by atoms with E-state index in [1.165, 1.54) is 22.0 Å². The Kier molecular flexibility index (Phi) is 7.09. The lowest BCUT2D eigenvalue weighted by Crippen LogP contribution is -2.40. The first-order chi connectivity index (χ1) is 15.0. The zero-order valence-corrected chi connectivity index (χ0v) is 19.1. The van der Waals surface area contributed by atoms with E-state index in [9.17, 15) is 13.2 Å². The maximum absolute atomic E-state index is 12.8. The summed E-state index contributed by atoms with van der Waals surface area (Å²) < 4.78 is 32.1. The van der Waals surface area contributed by atoms with Crippen molar-refractivity contribution in [3.05, 3.63) is 76.5 Å². The van der Waals surface area contributed by atoms with E-state index in [-0.39, 0.29) is 10.8 Å². The number of morpholine rings is 1. The van der Waals surface area contributed by atoms with E-state index in [1.807, 2.05) is 29.6 Å². The Bertz CT molecular complexity index is 1120. The zero-order chi connectivity index (χ0) is 21.7. The molecular weight excluding hydrogens is 452 g/mol. The number of thioether (sulfide) groups is 1. The molecule has 0 unspecified atom stereocenters. The Morgan fingerprint density at radius 2 is 1.81 bits per heavy atom. The molecule has 0 bridgehead atoms. The Morgan fingerprint density at radius 3 is 2.52 bits per heavy atom. The van der Waals surface area contributed by atoms with Crippen LogP contribution in [0.2, 0.25) is 0 Å². The number of benzene rings is 2. The summed E-state index contributed by atoms with van der Waals surface area (Å²) in [7, 11) is -3.58. The average Bonchev–Trinajstić information content (AvgIpc) is 3.33. The van der Waals surface area contributed by atoms with Crippen molar-refractivity contribution in [1.29, 1.82) is 0 Å². The monoisotopic (exact) mass is 474 g/mol. The van der Waals surface area contributed by atoms with Gasteiger partial charge in [0.05, 0.1) is 23.8 Å². The molecule has 0 saturated carbocycles. The van der Waals surface area contributed by atoms with Crippen molar-refractivity contribution in [2.24, 2.45) is 0 Å². The van der Waals surface area contributed by atoms with Crippen LogP contribution in [0, 0.1) is 0 Å². The van der Waals surface area contributed by atoms with Crippen LogP contribution in [0.15, 0.2) is 75.1 Å². The van der Waals surface area contributed by atoms with Crippen molar-refractivity contribution in [2.75, 3.05) is 31.6 Å². The van der Waals surface area contributed by atoms with Crippen LogP contribution < -0.4 is 5.32 Å². The van der Waals surface area contributed by atoms with Gasteiger partial charge in [0.2, 0.25) is 10.0 Å². The van der Waals surface area contributed by atoms with E-state index < -0.39 is 10.0 Å². The number of hydrogen-bond acceptors (Lipinski definition) is 6. The molecule has 31 heavy (non-hydrogen) atoms. The van der Waals surface area contributed by atoms with Crippen LogP contribution in [0.3, 0.4) is 0 Å². The second-order valence-electron chi connectivity index (χ2n) is 6.91. The van der Waals surface area contributed by atoms with Crippen molar-refractivity contribution < 1.29 is 17.9 Å². The predicted octanol–water partition coefficient (Wildman–Crippen LogP) is 4.31. The van der Waals surface area contributed by atoms with E-state index in [2.05, 4.69) is 16.8 Å². The third kappa shape index (κ3) is 5.36. The van der Waals surface area contributed by atoms with Gasteiger partial charge < -0.3 is 10.1 Å². The molecule has 4 rings (SSSR count). The molecular formula is C22H22N2O4S3. The molecule has 2 heterocycles. The lowest BCUT2D eigenvalue weighted by Gasteiger charge is -2.26. The Morgan fingerprint density at radius 1 is 1.06 bits per heavy atom. The summed E-state index contributed by atoms with van der Waals surface area (Å²) >= 11 is 3.32. The second-order valence-corrected chi connectivity index (χ2v) is 10.6. The highest BCUT2D eigenvalue weighted by atomic mass is 32.2. The summed E-state index contributed by atoms with van der Waals surface area (Å²) in [4.78, 5) is 13.9. The smallest absolute Gasteiger partial charge is 0.255 e. The van der Waals surface area contributed by atoms with Gasteiger partial charge in [-0.05, 0) is 58.8 Å². The fourth-order valence-corrected chi connectivity index (χ4v) is 6.27. The molecule has 1 aliphatic heterocycles. The van der Waals surface area contributed by atoms with Crippen LogP contribution in [-0.4, -0.2) is 44.9 Å². The molecule has 1 amide bonds. The number of rotatable bonds is 7. The molecule has 0 spiro atoms. The highest BCUT2D eigenvalue weighted by Crippen LogP contribution is 2.30. The van der Waals surface area contributed by atoms with Gasteiger partial charge in [0.25, 0.3) is 5.91 Å². The zero-order valence-electron chi connectivity index (χ0n) is 16.7. The van der Waals surface area contributed by atoms with Gasteiger partial charge in [0.1, 0.15) is 0 Å². The van der Waals surface area contributed by atoms with E-state index in [4.69, 9.17) is 4.74 Å². The molecule has 1 N–H and O–H groups in total. The molecule has 0 atom stereocenters. The van der Waals surface area contributed by atoms with E-state index in [0.29, 0.717) is 31.9 Å². The standard InChI is InChI=1S/C22H22N2O4S3/c25-22(23-20-3-1-2-4-21(20)30-16-17-9-14-29-15-17)18-5-7-19(8-6-18)31(26,27)24-10-12-28-13-11-24/h1-9,14-15H,10-13,16H2,(H,23,25). The normalized spacial score (nSPS) is 15.0. The van der Waals surface area contributed by atoms with Gasteiger partial charge in [0.15, 0.2) is 0 Å². The lowest BCUT2D eigenvalue weighted by molar-refractivity contribution is 0.0730. The van der Waals surface area contributed by atoms with Crippen molar-refractivity contribution in [3.63, 3.8) is 0 Å². The van der Waals surface area contributed by atoms with Gasteiger partial charge in [-0.3, -0.25) is 4.79 Å². The minimum absolute atomic E-state index is 0.178. The van der Waals surface area contributed by atoms with Crippen molar-refractivity contribution in [3.8, 4) is 0 Å². The van der Waals surface area contributed by atoms with Crippen LogP contribution in [-0.2, 0) is 20.5 Å². The number of thiophene rings is 1. The summed E-state index contributed by atoms with van der Waals surface area (Å²) in [5.41, 5.74) is 2.38. The minimum Gasteiger partial charge on any atom is -0.379 e. The molecule has 9 heteroatoms. The van der Waals surface area contributed by atoms with E-state index in [1.54, 1.807) is 35.2 Å². The number of para-hydroxylation sites is 1. The topological polar surface area (TPSA) is 75.7 Å². The number of nitrogens with zero attached hydrogens (tertiary/aromatic N) is 1. The highest BCUT2D eigenvalue weighted by Gasteiger charge is 2.26. The first kappa shape index (κ1) is 22.0. The van der Waals surface area contributed by atoms with Gasteiger partial charge in [-0.25, -0.2) is 8.42 Å². The maximum Gasteiger partial charge on any atom is 0.255 e. The van der Waals surface area contributed by atoms with Crippen LogP contribution in [0.4, 0.5) is 5.69 Å². The maximum atomic E-state index is 12.8. The van der Waals surface area contributed by atoms with Crippen LogP contribution in [0.1, 0.15) is 15.9 Å². The SMILES string of the molecule is O=C(Nc1ccccc1SCc1ccsc1)c1ccc(S(=O)(=O)N2CCOCC2)cc1. The van der Waals surface area contributed by atoms with Gasteiger partial charge in [-0.2, -0.15) is 15.6 Å². The number of sulfonamides is 1. The molecule has 6 nitrogen and oxygen atoms in total. The fourth-order valence-electron chi connectivity index (χ4n) is 3.14. The Balaban J connectivity index is 1.44. The number of carbonyl (C=O) groups is 1. The third-order valence-corrected chi connectivity index (χ3v) is 8.62. The molecule has 1 aromatic heterocycles. The number of carbonyl (C=O) groups excluding carboxylic acids is 1. The van der Waals surface area contributed by atoms with Gasteiger partial charge in [-0.1, -0.05) is 12.1 Å². The summed E-state index contributed by atoms with van der Waals surface area (Å²) in [5, 5.41) is 7.10. The van der Waals surface area contributed by atoms with Gasteiger partial charge >= 0.3 is 0 Å². The molecule has 1 fully saturated rings.